The fraction of sp³-hybridized carbons (Fsp3) is 0.583. The van der Waals surface area contributed by atoms with Gasteiger partial charge in [0, 0.05) is 12.6 Å². The number of nitrogens with two attached hydrogens (primary N) is 1. The number of anilines is 1. The summed E-state index contributed by atoms with van der Waals surface area (Å²) < 4.78 is 0. The molecule has 0 spiro atoms. The predicted molar refractivity (Wildman–Crippen MR) is 65.3 cm³/mol. The van der Waals surface area contributed by atoms with Crippen molar-refractivity contribution in [2.45, 2.75) is 32.7 Å². The molecule has 2 rings (SSSR count). The Bertz CT molecular complexity index is 403. The topological polar surface area (TPSA) is 72.1 Å². The van der Waals surface area contributed by atoms with Gasteiger partial charge in [-0.2, -0.15) is 0 Å². The summed E-state index contributed by atoms with van der Waals surface area (Å²) in [4.78, 5) is 22.1. The Balaban J connectivity index is 2.15. The van der Waals surface area contributed by atoms with E-state index in [1.165, 1.54) is 18.8 Å². The van der Waals surface area contributed by atoms with E-state index in [0.29, 0.717) is 17.4 Å². The highest BCUT2D eigenvalue weighted by Crippen LogP contribution is 2.22. The summed E-state index contributed by atoms with van der Waals surface area (Å²) in [6.07, 6.45) is 5.10. The minimum atomic E-state index is -0.0449. The lowest BCUT2D eigenvalue weighted by atomic mass is 9.95. The molecule has 1 aromatic rings. The average molecular weight is 234 g/mol. The normalized spacial score (nSPS) is 24.7. The molecule has 1 saturated heterocycles. The molecule has 2 heterocycles. The number of hydrogen-bond donors (Lipinski definition) is 1. The Labute approximate surface area is 101 Å². The van der Waals surface area contributed by atoms with Gasteiger partial charge in [0.1, 0.15) is 11.5 Å². The summed E-state index contributed by atoms with van der Waals surface area (Å²) in [5, 5.41) is 0. The second-order valence-corrected chi connectivity index (χ2v) is 4.82. The molecular weight excluding hydrogens is 216 g/mol. The van der Waals surface area contributed by atoms with E-state index in [9.17, 15) is 4.79 Å². The van der Waals surface area contributed by atoms with E-state index in [4.69, 9.17) is 5.73 Å². The van der Waals surface area contributed by atoms with Crippen molar-refractivity contribution in [2.24, 2.45) is 5.92 Å². The molecule has 0 saturated carbocycles. The first-order valence-electron chi connectivity index (χ1n) is 5.96. The summed E-state index contributed by atoms with van der Waals surface area (Å²) >= 11 is 0. The zero-order valence-corrected chi connectivity index (χ0v) is 10.3. The van der Waals surface area contributed by atoms with Crippen LogP contribution in [0.3, 0.4) is 0 Å². The number of rotatable bonds is 1. The fourth-order valence-electron chi connectivity index (χ4n) is 2.17. The number of likely N-dealkylation sites (tertiary alicyclic amines) is 1. The molecule has 5 nitrogen and oxygen atoms in total. The zero-order chi connectivity index (χ0) is 12.4. The maximum absolute atomic E-state index is 12.2. The van der Waals surface area contributed by atoms with Crippen LogP contribution in [0.1, 0.15) is 37.2 Å². The van der Waals surface area contributed by atoms with E-state index in [1.807, 2.05) is 4.90 Å². The van der Waals surface area contributed by atoms with Gasteiger partial charge in [-0.15, -0.1) is 0 Å². The summed E-state index contributed by atoms with van der Waals surface area (Å²) in [6, 6.07) is 0.276. The van der Waals surface area contributed by atoms with E-state index < -0.39 is 0 Å². The van der Waals surface area contributed by atoms with Crippen LogP contribution in [0.2, 0.25) is 0 Å². The van der Waals surface area contributed by atoms with E-state index in [2.05, 4.69) is 23.8 Å². The van der Waals surface area contributed by atoms with Crippen LogP contribution in [0.5, 0.6) is 0 Å². The molecule has 2 unspecified atom stereocenters. The van der Waals surface area contributed by atoms with Crippen LogP contribution in [-0.4, -0.2) is 33.4 Å². The zero-order valence-electron chi connectivity index (χ0n) is 10.3. The Hall–Kier alpha value is -1.65. The van der Waals surface area contributed by atoms with Crippen molar-refractivity contribution in [3.63, 3.8) is 0 Å². The van der Waals surface area contributed by atoms with Gasteiger partial charge < -0.3 is 10.6 Å². The molecule has 0 aliphatic carbocycles. The number of nitrogens with zero attached hydrogens (tertiary/aromatic N) is 3. The summed E-state index contributed by atoms with van der Waals surface area (Å²) in [5.74, 6) is 0.843. The van der Waals surface area contributed by atoms with Gasteiger partial charge in [0.05, 0.1) is 12.4 Å². The molecule has 0 aromatic carbocycles. The molecule has 0 radical (unpaired) electrons. The largest absolute Gasteiger partial charge is 0.382 e. The summed E-state index contributed by atoms with van der Waals surface area (Å²) in [5.41, 5.74) is 5.83. The third-order valence-corrected chi connectivity index (χ3v) is 3.27. The molecule has 1 aromatic heterocycles. The van der Waals surface area contributed by atoms with Crippen molar-refractivity contribution in [3.8, 4) is 0 Å². The van der Waals surface area contributed by atoms with Crippen LogP contribution in [0.25, 0.3) is 0 Å². The Kier molecular flexibility index (Phi) is 3.26. The maximum Gasteiger partial charge on any atom is 0.274 e. The minimum Gasteiger partial charge on any atom is -0.382 e. The number of amides is 1. The highest BCUT2D eigenvalue weighted by molar-refractivity contribution is 5.92. The van der Waals surface area contributed by atoms with E-state index in [-0.39, 0.29) is 11.9 Å². The smallest absolute Gasteiger partial charge is 0.274 e. The molecule has 0 bridgehead atoms. The molecule has 92 valence electrons. The molecule has 1 amide bonds. The Morgan fingerprint density at radius 3 is 2.76 bits per heavy atom. The molecular formula is C12H18N4O. The van der Waals surface area contributed by atoms with Crippen LogP contribution >= 0.6 is 0 Å². The average Bonchev–Trinajstić information content (AvgIpc) is 2.32. The third kappa shape index (κ3) is 2.54. The minimum absolute atomic E-state index is 0.0449. The van der Waals surface area contributed by atoms with Crippen molar-refractivity contribution in [3.05, 3.63) is 18.1 Å². The molecule has 2 N–H and O–H groups in total. The molecule has 5 heteroatoms. The Morgan fingerprint density at radius 1 is 1.35 bits per heavy atom. The van der Waals surface area contributed by atoms with Gasteiger partial charge in [0.25, 0.3) is 5.91 Å². The van der Waals surface area contributed by atoms with Gasteiger partial charge in [-0.1, -0.05) is 6.92 Å². The monoisotopic (exact) mass is 234 g/mol. The number of aromatic nitrogens is 2. The van der Waals surface area contributed by atoms with E-state index in [1.54, 1.807) is 0 Å². The van der Waals surface area contributed by atoms with Crippen LogP contribution in [0, 0.1) is 5.92 Å². The second kappa shape index (κ2) is 4.69. The quantitative estimate of drug-likeness (QED) is 0.795. The van der Waals surface area contributed by atoms with Crippen LogP contribution in [-0.2, 0) is 0 Å². The van der Waals surface area contributed by atoms with Crippen LogP contribution in [0.4, 0.5) is 5.82 Å². The lowest BCUT2D eigenvalue weighted by molar-refractivity contribution is 0.0567. The number of piperidine rings is 1. The van der Waals surface area contributed by atoms with Crippen molar-refractivity contribution in [2.75, 3.05) is 12.3 Å². The third-order valence-electron chi connectivity index (χ3n) is 3.27. The molecule has 1 aliphatic rings. The van der Waals surface area contributed by atoms with Crippen LogP contribution < -0.4 is 5.73 Å². The highest BCUT2D eigenvalue weighted by atomic mass is 16.2. The van der Waals surface area contributed by atoms with Crippen molar-refractivity contribution < 1.29 is 4.79 Å². The van der Waals surface area contributed by atoms with Gasteiger partial charge in [-0.25, -0.2) is 9.97 Å². The SMILES string of the molecule is CC1CCC(C)N(C(=O)c2cnc(N)cn2)C1. The highest BCUT2D eigenvalue weighted by Gasteiger charge is 2.28. The summed E-state index contributed by atoms with van der Waals surface area (Å²) in [7, 11) is 0. The van der Waals surface area contributed by atoms with Gasteiger partial charge in [-0.3, -0.25) is 4.79 Å². The van der Waals surface area contributed by atoms with Crippen LogP contribution in [0.15, 0.2) is 12.4 Å². The second-order valence-electron chi connectivity index (χ2n) is 4.82. The maximum atomic E-state index is 12.2. The standard InChI is InChI=1S/C12H18N4O/c1-8-3-4-9(2)16(7-8)12(17)10-5-15-11(13)6-14-10/h5-6,8-9H,3-4,7H2,1-2H3,(H2,13,15). The first kappa shape index (κ1) is 11.8. The van der Waals surface area contributed by atoms with E-state index in [0.717, 1.165) is 13.0 Å². The number of carbonyl (C=O) groups excluding carboxylic acids is 1. The number of carbonyl (C=O) groups is 1. The van der Waals surface area contributed by atoms with Crippen molar-refractivity contribution in [1.29, 1.82) is 0 Å². The number of nitrogen functional groups attached to an aromatic ring is 1. The number of hydrogen-bond acceptors (Lipinski definition) is 4. The predicted octanol–water partition coefficient (Wildman–Crippen LogP) is 1.32. The molecule has 1 aliphatic heterocycles. The molecule has 17 heavy (non-hydrogen) atoms. The first-order valence-corrected chi connectivity index (χ1v) is 5.96. The van der Waals surface area contributed by atoms with Crippen molar-refractivity contribution in [1.82, 2.24) is 14.9 Å². The summed E-state index contributed by atoms with van der Waals surface area (Å²) in [6.45, 7) is 5.04. The lowest BCUT2D eigenvalue weighted by Crippen LogP contribution is -2.45. The van der Waals surface area contributed by atoms with E-state index >= 15 is 0 Å². The lowest BCUT2D eigenvalue weighted by Gasteiger charge is -2.36. The molecule has 1 fully saturated rings. The van der Waals surface area contributed by atoms with Gasteiger partial charge in [-0.05, 0) is 25.7 Å². The molecule has 2 atom stereocenters. The van der Waals surface area contributed by atoms with Gasteiger partial charge in [0.2, 0.25) is 0 Å². The van der Waals surface area contributed by atoms with Gasteiger partial charge in [0.15, 0.2) is 0 Å². The fourth-order valence-corrected chi connectivity index (χ4v) is 2.17. The Morgan fingerprint density at radius 2 is 2.12 bits per heavy atom. The first-order chi connectivity index (χ1) is 8.08. The van der Waals surface area contributed by atoms with Crippen molar-refractivity contribution >= 4 is 11.7 Å². The van der Waals surface area contributed by atoms with Gasteiger partial charge >= 0.3 is 0 Å².